The van der Waals surface area contributed by atoms with E-state index >= 15 is 0 Å². The number of allylic oxidation sites excluding steroid dienone is 1. The van der Waals surface area contributed by atoms with Crippen LogP contribution >= 0.6 is 15.9 Å². The minimum atomic E-state index is -2.82. The predicted molar refractivity (Wildman–Crippen MR) is 72.2 cm³/mol. The molecule has 108 valence electrons. The molecule has 0 fully saturated rings. The first kappa shape index (κ1) is 15.0. The number of halogens is 3. The van der Waals surface area contributed by atoms with Crippen molar-refractivity contribution in [2.45, 2.75) is 25.9 Å². The Balaban J connectivity index is 2.20. The molecule has 1 aromatic rings. The molecule has 0 aromatic heterocycles. The lowest BCUT2D eigenvalue weighted by Gasteiger charge is -2.12. The van der Waals surface area contributed by atoms with Crippen LogP contribution in [0.1, 0.15) is 25.0 Å². The fraction of sp³-hybridized carbons (Fsp3) is 0.357. The first-order valence-electron chi connectivity index (χ1n) is 6.13. The number of rotatable bonds is 4. The summed E-state index contributed by atoms with van der Waals surface area (Å²) in [6.45, 7) is 1.77. The second kappa shape index (κ2) is 6.35. The lowest BCUT2D eigenvalue weighted by Crippen LogP contribution is -2.10. The van der Waals surface area contributed by atoms with Crippen molar-refractivity contribution in [2.24, 2.45) is 0 Å². The molecule has 0 saturated heterocycles. The van der Waals surface area contributed by atoms with Crippen molar-refractivity contribution >= 4 is 21.9 Å². The zero-order valence-electron chi connectivity index (χ0n) is 10.7. The molecule has 1 unspecified atom stereocenters. The van der Waals surface area contributed by atoms with E-state index in [0.29, 0.717) is 0 Å². The van der Waals surface area contributed by atoms with E-state index in [1.165, 1.54) is 0 Å². The number of carbonyl (C=O) groups is 1. The number of esters is 1. The van der Waals surface area contributed by atoms with E-state index in [1.807, 2.05) is 0 Å². The Labute approximate surface area is 123 Å². The topological polar surface area (TPSA) is 35.5 Å². The van der Waals surface area contributed by atoms with Crippen molar-refractivity contribution in [3.8, 4) is 0 Å². The molecule has 1 aromatic carbocycles. The summed E-state index contributed by atoms with van der Waals surface area (Å²) >= 11 is 3.30. The fourth-order valence-electron chi connectivity index (χ4n) is 2.00. The van der Waals surface area contributed by atoms with Crippen LogP contribution < -0.4 is 0 Å². The Morgan fingerprint density at radius 1 is 1.45 bits per heavy atom. The smallest absolute Gasteiger partial charge is 0.337 e. The number of ether oxygens (including phenoxy) is 2. The van der Waals surface area contributed by atoms with Crippen molar-refractivity contribution < 1.29 is 23.0 Å². The van der Waals surface area contributed by atoms with Gasteiger partial charge in [0.15, 0.2) is 5.76 Å². The van der Waals surface area contributed by atoms with Gasteiger partial charge in [-0.15, -0.1) is 0 Å². The van der Waals surface area contributed by atoms with E-state index in [9.17, 15) is 13.6 Å². The van der Waals surface area contributed by atoms with Gasteiger partial charge >= 0.3 is 5.97 Å². The average Bonchev–Trinajstić information content (AvgIpc) is 2.85. The predicted octanol–water partition coefficient (Wildman–Crippen LogP) is 3.99. The summed E-state index contributed by atoms with van der Waals surface area (Å²) in [6, 6.07) is 7.13. The van der Waals surface area contributed by atoms with Gasteiger partial charge in [0.2, 0.25) is 0 Å². The van der Waals surface area contributed by atoms with E-state index in [2.05, 4.69) is 15.9 Å². The molecule has 1 atom stereocenters. The Hall–Kier alpha value is -1.43. The van der Waals surface area contributed by atoms with Gasteiger partial charge in [-0.05, 0) is 24.6 Å². The van der Waals surface area contributed by atoms with Crippen molar-refractivity contribution in [1.29, 1.82) is 0 Å². The van der Waals surface area contributed by atoms with E-state index in [0.717, 1.165) is 10.0 Å². The van der Waals surface area contributed by atoms with E-state index in [-0.39, 0.29) is 18.6 Å². The zero-order chi connectivity index (χ0) is 14.7. The highest BCUT2D eigenvalue weighted by Gasteiger charge is 2.36. The number of hydrogen-bond acceptors (Lipinski definition) is 3. The lowest BCUT2D eigenvalue weighted by atomic mass is 10.0. The SMILES string of the molecule is CCOC(=O)C1=C(C(F)F)OC(c2ccc(Br)cc2)C1. The highest BCUT2D eigenvalue weighted by atomic mass is 79.9. The maximum absolute atomic E-state index is 12.9. The second-order valence-electron chi connectivity index (χ2n) is 4.23. The Bertz CT molecular complexity index is 526. The quantitative estimate of drug-likeness (QED) is 0.773. The van der Waals surface area contributed by atoms with Gasteiger partial charge in [-0.1, -0.05) is 28.1 Å². The molecular formula is C14H13BrF2O3. The monoisotopic (exact) mass is 346 g/mol. The van der Waals surface area contributed by atoms with Crippen LogP contribution in [0.2, 0.25) is 0 Å². The van der Waals surface area contributed by atoms with Crippen molar-refractivity contribution in [1.82, 2.24) is 0 Å². The van der Waals surface area contributed by atoms with E-state index in [4.69, 9.17) is 9.47 Å². The molecule has 1 aliphatic rings. The first-order chi connectivity index (χ1) is 9.52. The minimum absolute atomic E-state index is 0.0743. The summed E-state index contributed by atoms with van der Waals surface area (Å²) in [6.07, 6.45) is -3.30. The molecule has 0 amide bonds. The zero-order valence-corrected chi connectivity index (χ0v) is 12.3. The van der Waals surface area contributed by atoms with Gasteiger partial charge in [-0.2, -0.15) is 0 Å². The average molecular weight is 347 g/mol. The number of hydrogen-bond donors (Lipinski definition) is 0. The summed E-state index contributed by atoms with van der Waals surface area (Å²) in [5.74, 6) is -1.31. The molecule has 1 aliphatic heterocycles. The minimum Gasteiger partial charge on any atom is -0.483 e. The molecule has 6 heteroatoms. The van der Waals surface area contributed by atoms with Crippen molar-refractivity contribution in [3.63, 3.8) is 0 Å². The van der Waals surface area contributed by atoms with Gasteiger partial charge in [0.1, 0.15) is 6.10 Å². The maximum atomic E-state index is 12.9. The third-order valence-electron chi connectivity index (χ3n) is 2.92. The molecule has 20 heavy (non-hydrogen) atoms. The third kappa shape index (κ3) is 3.17. The molecule has 0 bridgehead atoms. The highest BCUT2D eigenvalue weighted by molar-refractivity contribution is 9.10. The molecule has 1 heterocycles. The Morgan fingerprint density at radius 3 is 2.65 bits per heavy atom. The van der Waals surface area contributed by atoms with Crippen LogP contribution in [0.3, 0.4) is 0 Å². The van der Waals surface area contributed by atoms with E-state index in [1.54, 1.807) is 31.2 Å². The molecule has 0 N–H and O–H groups in total. The Kier molecular flexibility index (Phi) is 4.75. The summed E-state index contributed by atoms with van der Waals surface area (Å²) in [5.41, 5.74) is 0.667. The van der Waals surface area contributed by atoms with Gasteiger partial charge in [-0.3, -0.25) is 0 Å². The summed E-state index contributed by atoms with van der Waals surface area (Å²) in [7, 11) is 0. The van der Waals surface area contributed by atoms with Crippen LogP contribution in [0.5, 0.6) is 0 Å². The lowest BCUT2D eigenvalue weighted by molar-refractivity contribution is -0.138. The summed E-state index contributed by atoms with van der Waals surface area (Å²) in [4.78, 5) is 11.7. The van der Waals surface area contributed by atoms with Crippen LogP contribution in [0, 0.1) is 0 Å². The highest BCUT2D eigenvalue weighted by Crippen LogP contribution is 2.39. The molecule has 0 saturated carbocycles. The molecular weight excluding hydrogens is 334 g/mol. The van der Waals surface area contributed by atoms with Crippen LogP contribution in [0.15, 0.2) is 40.1 Å². The van der Waals surface area contributed by atoms with Crippen molar-refractivity contribution in [3.05, 3.63) is 45.6 Å². The van der Waals surface area contributed by atoms with Crippen LogP contribution in [-0.4, -0.2) is 19.0 Å². The second-order valence-corrected chi connectivity index (χ2v) is 5.14. The fourth-order valence-corrected chi connectivity index (χ4v) is 2.26. The first-order valence-corrected chi connectivity index (χ1v) is 6.92. The van der Waals surface area contributed by atoms with Crippen LogP contribution in [0.4, 0.5) is 8.78 Å². The normalized spacial score (nSPS) is 18.4. The molecule has 0 radical (unpaired) electrons. The third-order valence-corrected chi connectivity index (χ3v) is 3.45. The number of benzene rings is 1. The van der Waals surface area contributed by atoms with Gasteiger partial charge in [0, 0.05) is 10.9 Å². The van der Waals surface area contributed by atoms with Crippen LogP contribution in [-0.2, 0) is 14.3 Å². The largest absolute Gasteiger partial charge is 0.483 e. The van der Waals surface area contributed by atoms with E-state index < -0.39 is 24.3 Å². The molecule has 3 nitrogen and oxygen atoms in total. The standard InChI is InChI=1S/C14H13BrF2O3/c1-2-19-14(18)10-7-11(20-12(10)13(16)17)8-3-5-9(15)6-4-8/h3-6,11,13H,2,7H2,1H3. The molecule has 0 spiro atoms. The van der Waals surface area contributed by atoms with Crippen LogP contribution in [0.25, 0.3) is 0 Å². The number of carbonyl (C=O) groups excluding carboxylic acids is 1. The molecule has 2 rings (SSSR count). The van der Waals surface area contributed by atoms with Crippen molar-refractivity contribution in [2.75, 3.05) is 6.61 Å². The van der Waals surface area contributed by atoms with Gasteiger partial charge in [0.05, 0.1) is 12.2 Å². The van der Waals surface area contributed by atoms with Gasteiger partial charge in [0.25, 0.3) is 6.43 Å². The maximum Gasteiger partial charge on any atom is 0.337 e. The Morgan fingerprint density at radius 2 is 2.10 bits per heavy atom. The molecule has 0 aliphatic carbocycles. The van der Waals surface area contributed by atoms with Gasteiger partial charge in [-0.25, -0.2) is 13.6 Å². The number of alkyl halides is 2. The summed E-state index contributed by atoms with van der Waals surface area (Å²) < 4.78 is 36.8. The van der Waals surface area contributed by atoms with Gasteiger partial charge < -0.3 is 9.47 Å². The summed E-state index contributed by atoms with van der Waals surface area (Å²) in [5, 5.41) is 0.